The first-order chi connectivity index (χ1) is 8.74. The summed E-state index contributed by atoms with van der Waals surface area (Å²) in [6.45, 7) is 6.72. The van der Waals surface area contributed by atoms with Gasteiger partial charge in [0.25, 0.3) is 0 Å². The third-order valence-corrected chi connectivity index (χ3v) is 4.81. The molecule has 3 atom stereocenters. The van der Waals surface area contributed by atoms with Crippen molar-refractivity contribution in [1.29, 1.82) is 0 Å². The van der Waals surface area contributed by atoms with Crippen LogP contribution >= 0.6 is 0 Å². The molecule has 0 amide bonds. The molecule has 2 aliphatic rings. The molecule has 1 aromatic heterocycles. The fourth-order valence-corrected chi connectivity index (χ4v) is 3.68. The third-order valence-electron chi connectivity index (χ3n) is 4.81. The molecule has 3 unspecified atom stereocenters. The van der Waals surface area contributed by atoms with Crippen LogP contribution in [0.3, 0.4) is 0 Å². The van der Waals surface area contributed by atoms with Crippen LogP contribution in [0, 0.1) is 18.8 Å². The molecular weight excluding hydrogens is 224 g/mol. The highest BCUT2D eigenvalue weighted by atomic mass is 15.2. The Morgan fingerprint density at radius 3 is 2.94 bits per heavy atom. The van der Waals surface area contributed by atoms with Gasteiger partial charge >= 0.3 is 0 Å². The van der Waals surface area contributed by atoms with Crippen LogP contribution in [0.2, 0.25) is 0 Å². The molecule has 1 aromatic rings. The Kier molecular flexibility index (Phi) is 3.39. The van der Waals surface area contributed by atoms with E-state index >= 15 is 0 Å². The second-order valence-corrected chi connectivity index (χ2v) is 5.95. The van der Waals surface area contributed by atoms with Gasteiger partial charge in [0.2, 0.25) is 0 Å². The lowest BCUT2D eigenvalue weighted by Gasteiger charge is -2.29. The minimum atomic E-state index is 0.448. The largest absolute Gasteiger partial charge is 0.334 e. The molecule has 3 rings (SSSR count). The number of likely N-dealkylation sites (tertiary alicyclic amines) is 1. The van der Waals surface area contributed by atoms with Crippen molar-refractivity contribution in [3.8, 4) is 0 Å². The lowest BCUT2D eigenvalue weighted by molar-refractivity contribution is 0.259. The van der Waals surface area contributed by atoms with Crippen molar-refractivity contribution in [3.63, 3.8) is 0 Å². The summed E-state index contributed by atoms with van der Waals surface area (Å²) in [5.41, 5.74) is 6.26. The number of nitrogens with two attached hydrogens (primary N) is 1. The zero-order valence-corrected chi connectivity index (χ0v) is 11.3. The highest BCUT2D eigenvalue weighted by Gasteiger charge is 2.38. The molecule has 1 saturated carbocycles. The van der Waals surface area contributed by atoms with Crippen molar-refractivity contribution in [1.82, 2.24) is 14.5 Å². The molecule has 0 bridgehead atoms. The Morgan fingerprint density at radius 2 is 2.22 bits per heavy atom. The number of nitrogens with zero attached hydrogens (tertiary/aromatic N) is 3. The number of rotatable bonds is 3. The molecule has 0 radical (unpaired) electrons. The van der Waals surface area contributed by atoms with E-state index in [1.165, 1.54) is 32.4 Å². The molecule has 18 heavy (non-hydrogen) atoms. The second kappa shape index (κ2) is 5.02. The number of fused-ring (bicyclic) bond motifs is 1. The Balaban J connectivity index is 1.54. The lowest BCUT2D eigenvalue weighted by atomic mass is 9.78. The summed E-state index contributed by atoms with van der Waals surface area (Å²) in [4.78, 5) is 6.87. The summed E-state index contributed by atoms with van der Waals surface area (Å²) >= 11 is 0. The molecule has 2 heterocycles. The van der Waals surface area contributed by atoms with Gasteiger partial charge in [-0.15, -0.1) is 0 Å². The zero-order chi connectivity index (χ0) is 12.5. The van der Waals surface area contributed by atoms with Gasteiger partial charge in [-0.05, 0) is 31.6 Å². The molecule has 0 aromatic carbocycles. The molecule has 1 aliphatic carbocycles. The van der Waals surface area contributed by atoms with Crippen molar-refractivity contribution < 1.29 is 0 Å². The molecule has 1 aliphatic heterocycles. The summed E-state index contributed by atoms with van der Waals surface area (Å²) in [6.07, 6.45) is 7.91. The van der Waals surface area contributed by atoms with Crippen LogP contribution in [0.4, 0.5) is 0 Å². The molecule has 100 valence electrons. The smallest absolute Gasteiger partial charge is 0.105 e. The summed E-state index contributed by atoms with van der Waals surface area (Å²) < 4.78 is 2.24. The molecule has 1 saturated heterocycles. The molecule has 2 N–H and O–H groups in total. The monoisotopic (exact) mass is 248 g/mol. The van der Waals surface area contributed by atoms with Gasteiger partial charge in [0.1, 0.15) is 5.82 Å². The molecule has 0 spiro atoms. The lowest BCUT2D eigenvalue weighted by Crippen LogP contribution is -2.38. The van der Waals surface area contributed by atoms with Crippen molar-refractivity contribution >= 4 is 0 Å². The number of hydrogen-bond acceptors (Lipinski definition) is 3. The summed E-state index contributed by atoms with van der Waals surface area (Å²) in [5, 5.41) is 0. The van der Waals surface area contributed by atoms with Crippen LogP contribution in [0.15, 0.2) is 12.4 Å². The number of hydrogen-bond donors (Lipinski definition) is 1. The average molecular weight is 248 g/mol. The van der Waals surface area contributed by atoms with Crippen molar-refractivity contribution in [2.75, 3.05) is 19.6 Å². The first kappa shape index (κ1) is 12.2. The van der Waals surface area contributed by atoms with Crippen LogP contribution in [0.25, 0.3) is 0 Å². The van der Waals surface area contributed by atoms with E-state index in [2.05, 4.69) is 27.6 Å². The maximum atomic E-state index is 6.26. The second-order valence-electron chi connectivity index (χ2n) is 5.95. The predicted octanol–water partition coefficient (Wildman–Crippen LogP) is 1.25. The van der Waals surface area contributed by atoms with E-state index in [1.54, 1.807) is 0 Å². The number of imidazole rings is 1. The van der Waals surface area contributed by atoms with E-state index in [4.69, 9.17) is 5.73 Å². The predicted molar refractivity (Wildman–Crippen MR) is 72.2 cm³/mol. The Labute approximate surface area is 109 Å². The first-order valence-corrected chi connectivity index (χ1v) is 7.19. The van der Waals surface area contributed by atoms with Crippen molar-refractivity contribution in [3.05, 3.63) is 18.2 Å². The van der Waals surface area contributed by atoms with Crippen LogP contribution < -0.4 is 5.73 Å². The Morgan fingerprint density at radius 1 is 1.33 bits per heavy atom. The van der Waals surface area contributed by atoms with Crippen LogP contribution in [0.5, 0.6) is 0 Å². The maximum Gasteiger partial charge on any atom is 0.105 e. The minimum Gasteiger partial charge on any atom is -0.334 e. The van der Waals surface area contributed by atoms with Gasteiger partial charge in [-0.25, -0.2) is 4.98 Å². The standard InChI is InChI=1S/C14H24N4/c1-11-16-5-6-18(11)8-7-17-9-12-3-2-4-14(15)13(12)10-17/h5-6,12-14H,2-4,7-10,15H2,1H3. The maximum absolute atomic E-state index is 6.26. The molecule has 2 fully saturated rings. The Hall–Kier alpha value is -0.870. The van der Waals surface area contributed by atoms with E-state index < -0.39 is 0 Å². The van der Waals surface area contributed by atoms with Crippen molar-refractivity contribution in [2.24, 2.45) is 17.6 Å². The highest BCUT2D eigenvalue weighted by molar-refractivity contribution is 4.94. The van der Waals surface area contributed by atoms with Gasteiger partial charge in [0.05, 0.1) is 0 Å². The van der Waals surface area contributed by atoms with Gasteiger partial charge in [-0.2, -0.15) is 0 Å². The van der Waals surface area contributed by atoms with E-state index in [-0.39, 0.29) is 0 Å². The van der Waals surface area contributed by atoms with E-state index in [0.29, 0.717) is 6.04 Å². The van der Waals surface area contributed by atoms with Crippen LogP contribution in [0.1, 0.15) is 25.1 Å². The molecule has 4 heteroatoms. The summed E-state index contributed by atoms with van der Waals surface area (Å²) in [6, 6.07) is 0.448. The molecular formula is C14H24N4. The van der Waals surface area contributed by atoms with Gasteiger partial charge in [0, 0.05) is 44.6 Å². The topological polar surface area (TPSA) is 47.1 Å². The van der Waals surface area contributed by atoms with Gasteiger partial charge in [-0.3, -0.25) is 0 Å². The van der Waals surface area contributed by atoms with Gasteiger partial charge in [0.15, 0.2) is 0 Å². The van der Waals surface area contributed by atoms with E-state index in [9.17, 15) is 0 Å². The highest BCUT2D eigenvalue weighted by Crippen LogP contribution is 2.35. The fourth-order valence-electron chi connectivity index (χ4n) is 3.68. The van der Waals surface area contributed by atoms with Gasteiger partial charge in [-0.1, -0.05) is 6.42 Å². The average Bonchev–Trinajstić information content (AvgIpc) is 2.93. The van der Waals surface area contributed by atoms with Gasteiger partial charge < -0.3 is 15.2 Å². The van der Waals surface area contributed by atoms with Crippen LogP contribution in [-0.4, -0.2) is 40.1 Å². The normalized spacial score (nSPS) is 32.7. The number of aromatic nitrogens is 2. The van der Waals surface area contributed by atoms with Crippen molar-refractivity contribution in [2.45, 2.75) is 38.8 Å². The minimum absolute atomic E-state index is 0.448. The quantitative estimate of drug-likeness (QED) is 0.876. The van der Waals surface area contributed by atoms with E-state index in [0.717, 1.165) is 30.7 Å². The zero-order valence-electron chi connectivity index (χ0n) is 11.3. The Bertz CT molecular complexity index is 400. The van der Waals surface area contributed by atoms with Crippen LogP contribution in [-0.2, 0) is 6.54 Å². The molecule has 4 nitrogen and oxygen atoms in total. The SMILES string of the molecule is Cc1nccn1CCN1CC2CCCC(N)C2C1. The first-order valence-electron chi connectivity index (χ1n) is 7.19. The van der Waals surface area contributed by atoms with E-state index in [1.807, 2.05) is 6.20 Å². The third kappa shape index (κ3) is 2.31. The summed E-state index contributed by atoms with van der Waals surface area (Å²) in [7, 11) is 0. The summed E-state index contributed by atoms with van der Waals surface area (Å²) in [5.74, 6) is 2.73. The fraction of sp³-hybridized carbons (Fsp3) is 0.786. The number of aryl methyl sites for hydroxylation is 1.